The highest BCUT2D eigenvalue weighted by Gasteiger charge is 2.10. The van der Waals surface area contributed by atoms with Gasteiger partial charge in [-0.2, -0.15) is 0 Å². The quantitative estimate of drug-likeness (QED) is 0.275. The lowest BCUT2D eigenvalue weighted by atomic mass is 10.1. The number of rotatable bonds is 13. The van der Waals surface area contributed by atoms with Crippen LogP contribution >= 0.6 is 0 Å². The van der Waals surface area contributed by atoms with Gasteiger partial charge in [-0.25, -0.2) is 9.59 Å². The number of hydrogen-bond donors (Lipinski definition) is 0. The first kappa shape index (κ1) is 20.9. The van der Waals surface area contributed by atoms with E-state index in [4.69, 9.17) is 9.47 Å². The zero-order valence-corrected chi connectivity index (χ0v) is 15.3. The molecular formula is C21H30O4. The topological polar surface area (TPSA) is 52.6 Å². The second-order valence-electron chi connectivity index (χ2n) is 6.05. The third-order valence-corrected chi connectivity index (χ3v) is 3.89. The fraction of sp³-hybridized carbons (Fsp3) is 0.524. The van der Waals surface area contributed by atoms with Crippen molar-refractivity contribution in [3.8, 4) is 0 Å². The molecule has 4 heteroatoms. The Morgan fingerprint density at radius 2 is 1.32 bits per heavy atom. The van der Waals surface area contributed by atoms with Gasteiger partial charge in [0.15, 0.2) is 0 Å². The summed E-state index contributed by atoms with van der Waals surface area (Å²) in [7, 11) is 0. The molecule has 0 unspecified atom stereocenters. The van der Waals surface area contributed by atoms with Crippen LogP contribution in [-0.2, 0) is 9.47 Å². The predicted molar refractivity (Wildman–Crippen MR) is 99.8 cm³/mol. The molecule has 25 heavy (non-hydrogen) atoms. The molecule has 0 aliphatic heterocycles. The maximum absolute atomic E-state index is 12.0. The number of esters is 2. The van der Waals surface area contributed by atoms with E-state index < -0.39 is 5.97 Å². The molecule has 1 aromatic rings. The summed E-state index contributed by atoms with van der Waals surface area (Å²) in [5.74, 6) is -0.748. The lowest BCUT2D eigenvalue weighted by molar-refractivity contribution is 0.0488. The van der Waals surface area contributed by atoms with Crippen LogP contribution in [0.15, 0.2) is 36.9 Å². The van der Waals surface area contributed by atoms with Crippen LogP contribution in [0, 0.1) is 0 Å². The lowest BCUT2D eigenvalue weighted by Crippen LogP contribution is -2.09. The van der Waals surface area contributed by atoms with E-state index in [-0.39, 0.29) is 5.97 Å². The largest absolute Gasteiger partial charge is 0.462 e. The molecule has 0 spiro atoms. The van der Waals surface area contributed by atoms with Crippen molar-refractivity contribution in [3.63, 3.8) is 0 Å². The minimum absolute atomic E-state index is 0.310. The van der Waals surface area contributed by atoms with Gasteiger partial charge in [-0.3, -0.25) is 0 Å². The van der Waals surface area contributed by atoms with Gasteiger partial charge in [-0.05, 0) is 37.1 Å². The Kier molecular flexibility index (Phi) is 11.1. The van der Waals surface area contributed by atoms with Crippen LogP contribution in [0.1, 0.15) is 79.0 Å². The average molecular weight is 346 g/mol. The number of unbranched alkanes of at least 4 members (excludes halogenated alkanes) is 6. The summed E-state index contributed by atoms with van der Waals surface area (Å²) in [6, 6.07) is 6.36. The maximum Gasteiger partial charge on any atom is 0.338 e. The summed E-state index contributed by atoms with van der Waals surface area (Å²) in [6.45, 7) is 6.53. The minimum Gasteiger partial charge on any atom is -0.462 e. The SMILES string of the molecule is C=CCCOC(=O)c1ccc(C(=O)OCCCCCCCCC)cc1. The highest BCUT2D eigenvalue weighted by atomic mass is 16.5. The molecule has 0 bridgehead atoms. The van der Waals surface area contributed by atoms with E-state index in [0.717, 1.165) is 12.8 Å². The highest BCUT2D eigenvalue weighted by molar-refractivity contribution is 5.93. The van der Waals surface area contributed by atoms with Gasteiger partial charge in [0.2, 0.25) is 0 Å². The molecule has 138 valence electrons. The van der Waals surface area contributed by atoms with Crippen molar-refractivity contribution in [2.24, 2.45) is 0 Å². The van der Waals surface area contributed by atoms with Gasteiger partial charge in [-0.15, -0.1) is 6.58 Å². The van der Waals surface area contributed by atoms with Crippen molar-refractivity contribution < 1.29 is 19.1 Å². The van der Waals surface area contributed by atoms with Gasteiger partial charge in [0.05, 0.1) is 24.3 Å². The van der Waals surface area contributed by atoms with Crippen molar-refractivity contribution >= 4 is 11.9 Å². The normalized spacial score (nSPS) is 10.3. The van der Waals surface area contributed by atoms with Crippen molar-refractivity contribution in [2.75, 3.05) is 13.2 Å². The average Bonchev–Trinajstić information content (AvgIpc) is 2.64. The van der Waals surface area contributed by atoms with Crippen molar-refractivity contribution in [1.82, 2.24) is 0 Å². The summed E-state index contributed by atoms with van der Waals surface area (Å²) in [6.07, 6.45) is 10.6. The van der Waals surface area contributed by atoms with Crippen LogP contribution in [-0.4, -0.2) is 25.2 Å². The van der Waals surface area contributed by atoms with Gasteiger partial charge in [0, 0.05) is 0 Å². The zero-order valence-electron chi connectivity index (χ0n) is 15.3. The van der Waals surface area contributed by atoms with Crippen LogP contribution in [0.4, 0.5) is 0 Å². The van der Waals surface area contributed by atoms with Crippen molar-refractivity contribution in [1.29, 1.82) is 0 Å². The van der Waals surface area contributed by atoms with Crippen LogP contribution in [0.3, 0.4) is 0 Å². The van der Waals surface area contributed by atoms with Gasteiger partial charge in [0.1, 0.15) is 0 Å². The fourth-order valence-electron chi connectivity index (χ4n) is 2.37. The zero-order chi connectivity index (χ0) is 18.3. The first-order valence-corrected chi connectivity index (χ1v) is 9.24. The molecule has 1 rings (SSSR count). The minimum atomic E-state index is -0.398. The monoisotopic (exact) mass is 346 g/mol. The standard InChI is InChI=1S/C21H30O4/c1-3-5-7-8-9-10-11-17-25-21(23)19-14-12-18(13-15-19)20(22)24-16-6-4-2/h4,12-15H,2-3,5-11,16-17H2,1H3. The summed E-state index contributed by atoms with van der Waals surface area (Å²) in [5.41, 5.74) is 0.873. The van der Waals surface area contributed by atoms with Gasteiger partial charge < -0.3 is 9.47 Å². The molecule has 0 aliphatic carbocycles. The number of benzene rings is 1. The number of carbonyl (C=O) groups excluding carboxylic acids is 2. The Bertz CT molecular complexity index is 519. The molecule has 1 aromatic carbocycles. The third-order valence-electron chi connectivity index (χ3n) is 3.89. The van der Waals surface area contributed by atoms with Gasteiger partial charge in [0.25, 0.3) is 0 Å². The van der Waals surface area contributed by atoms with E-state index >= 15 is 0 Å². The Morgan fingerprint density at radius 3 is 1.84 bits per heavy atom. The van der Waals surface area contributed by atoms with Gasteiger partial charge in [-0.1, -0.05) is 51.5 Å². The Balaban J connectivity index is 2.25. The predicted octanol–water partition coefficient (Wildman–Crippen LogP) is 5.33. The Labute approximate surface area is 151 Å². The molecule has 0 heterocycles. The van der Waals surface area contributed by atoms with E-state index in [2.05, 4.69) is 13.5 Å². The molecule has 0 aliphatic rings. The van der Waals surface area contributed by atoms with Crippen LogP contribution in [0.2, 0.25) is 0 Å². The number of hydrogen-bond acceptors (Lipinski definition) is 4. The second kappa shape index (κ2) is 13.2. The Morgan fingerprint density at radius 1 is 0.840 bits per heavy atom. The molecule has 0 saturated heterocycles. The van der Waals surface area contributed by atoms with E-state index in [9.17, 15) is 9.59 Å². The summed E-state index contributed by atoms with van der Waals surface area (Å²) in [5, 5.41) is 0. The number of ether oxygens (including phenoxy) is 2. The third kappa shape index (κ3) is 9.08. The van der Waals surface area contributed by atoms with E-state index in [1.807, 2.05) is 0 Å². The van der Waals surface area contributed by atoms with Crippen LogP contribution in [0.5, 0.6) is 0 Å². The summed E-state index contributed by atoms with van der Waals surface area (Å²) < 4.78 is 10.3. The first-order valence-electron chi connectivity index (χ1n) is 9.24. The molecule has 4 nitrogen and oxygen atoms in total. The lowest BCUT2D eigenvalue weighted by Gasteiger charge is -2.06. The molecular weight excluding hydrogens is 316 g/mol. The van der Waals surface area contributed by atoms with Crippen LogP contribution < -0.4 is 0 Å². The molecule has 0 fully saturated rings. The van der Waals surface area contributed by atoms with E-state index in [0.29, 0.717) is 30.8 Å². The molecule has 0 N–H and O–H groups in total. The van der Waals surface area contributed by atoms with E-state index in [1.54, 1.807) is 30.3 Å². The number of carbonyl (C=O) groups is 2. The highest BCUT2D eigenvalue weighted by Crippen LogP contribution is 2.10. The molecule has 0 amide bonds. The van der Waals surface area contributed by atoms with Crippen molar-refractivity contribution in [3.05, 3.63) is 48.0 Å². The molecule has 0 radical (unpaired) electrons. The summed E-state index contributed by atoms with van der Waals surface area (Å²) in [4.78, 5) is 23.7. The smallest absolute Gasteiger partial charge is 0.338 e. The van der Waals surface area contributed by atoms with E-state index in [1.165, 1.54) is 32.1 Å². The molecule has 0 aromatic heterocycles. The Hall–Kier alpha value is -2.10. The first-order chi connectivity index (χ1) is 12.2. The second-order valence-corrected chi connectivity index (χ2v) is 6.05. The fourth-order valence-corrected chi connectivity index (χ4v) is 2.37. The molecule has 0 atom stereocenters. The van der Waals surface area contributed by atoms with Gasteiger partial charge >= 0.3 is 11.9 Å². The maximum atomic E-state index is 12.0. The van der Waals surface area contributed by atoms with Crippen LogP contribution in [0.25, 0.3) is 0 Å². The summed E-state index contributed by atoms with van der Waals surface area (Å²) >= 11 is 0. The molecule has 0 saturated carbocycles. The van der Waals surface area contributed by atoms with Crippen molar-refractivity contribution in [2.45, 2.75) is 58.3 Å².